The smallest absolute Gasteiger partial charge is 0.406 e. The van der Waals surface area contributed by atoms with Crippen LogP contribution in [-0.2, 0) is 0 Å². The Balaban J connectivity index is 2.20. The Kier molecular flexibility index (Phi) is 5.75. The van der Waals surface area contributed by atoms with Gasteiger partial charge in [-0.05, 0) is 31.5 Å². The van der Waals surface area contributed by atoms with E-state index in [4.69, 9.17) is 0 Å². The number of ether oxygens (including phenoxy) is 1. The van der Waals surface area contributed by atoms with Crippen molar-refractivity contribution in [2.24, 2.45) is 0 Å². The second-order valence-corrected chi connectivity index (χ2v) is 5.74. The maximum absolute atomic E-state index is 12.7. The van der Waals surface area contributed by atoms with Gasteiger partial charge in [0.2, 0.25) is 5.95 Å². The van der Waals surface area contributed by atoms with Crippen molar-refractivity contribution in [3.63, 3.8) is 0 Å². The lowest BCUT2D eigenvalue weighted by molar-refractivity contribution is -0.274. The summed E-state index contributed by atoms with van der Waals surface area (Å²) in [6, 6.07) is 1.68. The van der Waals surface area contributed by atoms with E-state index in [1.54, 1.807) is 0 Å². The normalized spacial score (nSPS) is 14.4. The summed E-state index contributed by atoms with van der Waals surface area (Å²) in [6.45, 7) is 2.17. The predicted octanol–water partition coefficient (Wildman–Crippen LogP) is 3.13. The molecule has 7 nitrogen and oxygen atoms in total. The summed E-state index contributed by atoms with van der Waals surface area (Å²) < 4.78 is 78.3. The van der Waals surface area contributed by atoms with Gasteiger partial charge in [-0.2, -0.15) is 18.2 Å². The highest BCUT2D eigenvalue weighted by molar-refractivity contribution is 5.34. The Bertz CT molecular complexity index is 902. The Morgan fingerprint density at radius 1 is 1.07 bits per heavy atom. The van der Waals surface area contributed by atoms with Gasteiger partial charge in [-0.3, -0.25) is 4.98 Å². The first kappa shape index (κ1) is 21.3. The van der Waals surface area contributed by atoms with Gasteiger partial charge in [0.25, 0.3) is 0 Å². The van der Waals surface area contributed by atoms with Crippen LogP contribution in [0.25, 0.3) is 0 Å². The summed E-state index contributed by atoms with van der Waals surface area (Å²) in [7, 11) is 0. The van der Waals surface area contributed by atoms with E-state index in [9.17, 15) is 35.9 Å². The maximum atomic E-state index is 12.7. The molecule has 0 aliphatic heterocycles. The van der Waals surface area contributed by atoms with Crippen molar-refractivity contribution >= 4 is 5.95 Å². The molecule has 0 aliphatic rings. The lowest BCUT2D eigenvalue weighted by Crippen LogP contribution is -2.44. The fraction of sp³-hybridized carbons (Fsp3) is 0.400. The number of alkyl halides is 6. The molecule has 0 unspecified atom stereocenters. The molecule has 2 rings (SSSR count). The third kappa shape index (κ3) is 5.27. The highest BCUT2D eigenvalue weighted by Gasteiger charge is 2.39. The van der Waals surface area contributed by atoms with Crippen LogP contribution in [0, 0.1) is 0 Å². The van der Waals surface area contributed by atoms with Gasteiger partial charge in [0.05, 0.1) is 6.04 Å². The molecule has 28 heavy (non-hydrogen) atoms. The minimum Gasteiger partial charge on any atom is -0.406 e. The van der Waals surface area contributed by atoms with E-state index in [-0.39, 0.29) is 10.5 Å². The molecule has 0 amide bonds. The van der Waals surface area contributed by atoms with Crippen molar-refractivity contribution in [1.82, 2.24) is 14.5 Å². The molecule has 0 fully saturated rings. The van der Waals surface area contributed by atoms with Gasteiger partial charge in [0, 0.05) is 0 Å². The number of benzene rings is 1. The fourth-order valence-corrected chi connectivity index (χ4v) is 2.23. The number of hydrogen-bond donors (Lipinski definition) is 2. The second kappa shape index (κ2) is 7.56. The number of halogens is 6. The minimum atomic E-state index is -4.84. The number of aromatic nitrogens is 3. The SMILES string of the molecule is C[C@H](Nc1nc(=O)n([C@@H](C)C(F)(F)F)c(=O)[nH]1)c1ccc(OC(F)(F)F)cc1. The molecule has 0 saturated carbocycles. The van der Waals surface area contributed by atoms with Gasteiger partial charge in [0.1, 0.15) is 11.8 Å². The van der Waals surface area contributed by atoms with Crippen LogP contribution in [0.3, 0.4) is 0 Å². The van der Waals surface area contributed by atoms with Crippen molar-refractivity contribution in [2.75, 3.05) is 5.32 Å². The van der Waals surface area contributed by atoms with Crippen LogP contribution >= 0.6 is 0 Å². The van der Waals surface area contributed by atoms with Crippen LogP contribution in [0.1, 0.15) is 31.5 Å². The van der Waals surface area contributed by atoms with E-state index < -0.39 is 41.8 Å². The molecule has 0 aliphatic carbocycles. The molecule has 2 N–H and O–H groups in total. The van der Waals surface area contributed by atoms with E-state index in [0.717, 1.165) is 12.1 Å². The first-order chi connectivity index (χ1) is 12.8. The summed E-state index contributed by atoms with van der Waals surface area (Å²) in [6.07, 6.45) is -9.66. The number of anilines is 1. The van der Waals surface area contributed by atoms with Gasteiger partial charge >= 0.3 is 23.9 Å². The molecule has 154 valence electrons. The molecule has 2 atom stereocenters. The Morgan fingerprint density at radius 3 is 2.11 bits per heavy atom. The fourth-order valence-electron chi connectivity index (χ4n) is 2.23. The van der Waals surface area contributed by atoms with Gasteiger partial charge in [-0.25, -0.2) is 14.2 Å². The molecule has 1 aromatic carbocycles. The number of rotatable bonds is 5. The molecule has 2 aromatic rings. The van der Waals surface area contributed by atoms with Crippen LogP contribution in [0.5, 0.6) is 5.75 Å². The summed E-state index contributed by atoms with van der Waals surface area (Å²) >= 11 is 0. The van der Waals surface area contributed by atoms with E-state index >= 15 is 0 Å². The van der Waals surface area contributed by atoms with Crippen molar-refractivity contribution < 1.29 is 31.1 Å². The van der Waals surface area contributed by atoms with Gasteiger partial charge in [0.15, 0.2) is 0 Å². The van der Waals surface area contributed by atoms with Crippen LogP contribution in [-0.4, -0.2) is 27.1 Å². The average Bonchev–Trinajstić information content (AvgIpc) is 2.52. The third-order valence-corrected chi connectivity index (χ3v) is 3.69. The molecule has 1 heterocycles. The molecule has 1 aromatic heterocycles. The van der Waals surface area contributed by atoms with Crippen LogP contribution in [0.2, 0.25) is 0 Å². The monoisotopic (exact) mass is 412 g/mol. The molecular formula is C15H14F6N4O3. The Morgan fingerprint density at radius 2 is 1.64 bits per heavy atom. The summed E-state index contributed by atoms with van der Waals surface area (Å²) in [5, 5.41) is 2.59. The zero-order chi connectivity index (χ0) is 21.3. The van der Waals surface area contributed by atoms with Crippen LogP contribution < -0.4 is 21.4 Å². The van der Waals surface area contributed by atoms with Crippen molar-refractivity contribution in [3.05, 3.63) is 50.8 Å². The van der Waals surface area contributed by atoms with Crippen molar-refractivity contribution in [1.29, 1.82) is 0 Å². The first-order valence-electron chi connectivity index (χ1n) is 7.70. The number of aromatic amines is 1. The first-order valence-corrected chi connectivity index (χ1v) is 7.70. The zero-order valence-corrected chi connectivity index (χ0v) is 14.4. The number of hydrogen-bond acceptors (Lipinski definition) is 5. The summed E-state index contributed by atoms with van der Waals surface area (Å²) in [4.78, 5) is 29.1. The van der Waals surface area contributed by atoms with E-state index in [0.29, 0.717) is 12.5 Å². The van der Waals surface area contributed by atoms with Crippen molar-refractivity contribution in [2.45, 2.75) is 38.5 Å². The quantitative estimate of drug-likeness (QED) is 0.737. The standard InChI is InChI=1S/C15H14F6N4O3/c1-7(9-3-5-10(6-4-9)28-15(19,20)21)22-11-23-12(26)25(13(27)24-11)8(2)14(16,17)18/h3-8H,1-2H3,(H2,22,23,24,26,27)/t7-,8-/m0/s1. The van der Waals surface area contributed by atoms with Crippen molar-refractivity contribution in [3.8, 4) is 5.75 Å². The highest BCUT2D eigenvalue weighted by Crippen LogP contribution is 2.28. The molecule has 13 heteroatoms. The molecule has 0 bridgehead atoms. The summed E-state index contributed by atoms with van der Waals surface area (Å²) in [5.41, 5.74) is -2.28. The van der Waals surface area contributed by atoms with Crippen LogP contribution in [0.4, 0.5) is 32.3 Å². The summed E-state index contributed by atoms with van der Waals surface area (Å²) in [5.74, 6) is -0.831. The second-order valence-electron chi connectivity index (χ2n) is 5.74. The average molecular weight is 412 g/mol. The van der Waals surface area contributed by atoms with E-state index in [2.05, 4.69) is 15.0 Å². The van der Waals surface area contributed by atoms with E-state index in [1.807, 2.05) is 4.98 Å². The molecule has 0 saturated heterocycles. The van der Waals surface area contributed by atoms with Gasteiger partial charge < -0.3 is 10.1 Å². The lowest BCUT2D eigenvalue weighted by Gasteiger charge is -2.18. The minimum absolute atomic E-state index is 0.0703. The Labute approximate surface area is 153 Å². The van der Waals surface area contributed by atoms with Gasteiger partial charge in [-0.15, -0.1) is 13.2 Å². The maximum Gasteiger partial charge on any atom is 0.573 e. The third-order valence-electron chi connectivity index (χ3n) is 3.69. The van der Waals surface area contributed by atoms with E-state index in [1.165, 1.54) is 19.1 Å². The van der Waals surface area contributed by atoms with Gasteiger partial charge in [-0.1, -0.05) is 12.1 Å². The molecule has 0 radical (unpaired) electrons. The van der Waals surface area contributed by atoms with Crippen LogP contribution in [0.15, 0.2) is 33.9 Å². The number of H-pyrrole nitrogens is 1. The predicted molar refractivity (Wildman–Crippen MR) is 85.0 cm³/mol. The highest BCUT2D eigenvalue weighted by atomic mass is 19.4. The zero-order valence-electron chi connectivity index (χ0n) is 14.4. The molecule has 0 spiro atoms. The largest absolute Gasteiger partial charge is 0.573 e. The molecular weight excluding hydrogens is 398 g/mol. The Hall–Kier alpha value is -2.99. The number of nitrogens with zero attached hydrogens (tertiary/aromatic N) is 2. The topological polar surface area (TPSA) is 89.0 Å². The lowest BCUT2D eigenvalue weighted by atomic mass is 10.1. The number of nitrogens with one attached hydrogen (secondary N) is 2.